The molecule has 2 saturated heterocycles. The van der Waals surface area contributed by atoms with Crippen LogP contribution in [0.2, 0.25) is 5.02 Å². The molecule has 1 aromatic carbocycles. The van der Waals surface area contributed by atoms with Crippen molar-refractivity contribution in [1.82, 2.24) is 4.90 Å². The highest BCUT2D eigenvalue weighted by Crippen LogP contribution is 2.35. The molecule has 3 rings (SSSR count). The predicted molar refractivity (Wildman–Crippen MR) is 89.2 cm³/mol. The molecule has 0 aliphatic carbocycles. The van der Waals surface area contributed by atoms with Crippen molar-refractivity contribution >= 4 is 23.3 Å². The highest BCUT2D eigenvalue weighted by molar-refractivity contribution is 6.32. The third kappa shape index (κ3) is 3.39. The number of ether oxygens (including phenoxy) is 2. The van der Waals surface area contributed by atoms with Gasteiger partial charge < -0.3 is 14.4 Å². The van der Waals surface area contributed by atoms with Crippen molar-refractivity contribution in [2.75, 3.05) is 6.54 Å². The Morgan fingerprint density at radius 3 is 2.91 bits per heavy atom. The quantitative estimate of drug-likeness (QED) is 0.810. The van der Waals surface area contributed by atoms with Crippen LogP contribution in [-0.4, -0.2) is 35.7 Å². The van der Waals surface area contributed by atoms with Crippen LogP contribution >= 0.6 is 11.6 Å². The molecule has 0 saturated carbocycles. The Morgan fingerprint density at radius 1 is 1.39 bits per heavy atom. The third-order valence-corrected chi connectivity index (χ3v) is 4.50. The van der Waals surface area contributed by atoms with Crippen molar-refractivity contribution in [1.29, 1.82) is 0 Å². The smallest absolute Gasteiger partial charge is 0.293 e. The Hall–Kier alpha value is -1.49. The highest BCUT2D eigenvalue weighted by atomic mass is 35.5. The Kier molecular flexibility index (Phi) is 4.67. The molecule has 0 radical (unpaired) electrons. The van der Waals surface area contributed by atoms with Gasteiger partial charge in [0.2, 0.25) is 0 Å². The molecule has 0 N–H and O–H groups in total. The number of piperidine rings is 1. The van der Waals surface area contributed by atoms with Gasteiger partial charge in [0.15, 0.2) is 5.82 Å². The minimum atomic E-state index is -0.477. The van der Waals surface area contributed by atoms with E-state index in [1.807, 2.05) is 20.8 Å². The predicted octanol–water partition coefficient (Wildman–Crippen LogP) is 4.53. The Labute approximate surface area is 141 Å². The molecule has 6 heteroatoms. The maximum Gasteiger partial charge on any atom is 0.293 e. The first-order chi connectivity index (χ1) is 11.0. The molecule has 1 aromatic rings. The van der Waals surface area contributed by atoms with Crippen LogP contribution in [-0.2, 0) is 4.74 Å². The van der Waals surface area contributed by atoms with Gasteiger partial charge in [0, 0.05) is 12.6 Å². The zero-order valence-electron chi connectivity index (χ0n) is 13.7. The average molecular weight is 341 g/mol. The lowest BCUT2D eigenvalue weighted by Crippen LogP contribution is -2.40. The molecule has 2 aliphatic rings. The number of hydrogen-bond acceptors (Lipinski definition) is 3. The average Bonchev–Trinajstić information content (AvgIpc) is 2.81. The molecule has 0 amide bonds. The van der Waals surface area contributed by atoms with Gasteiger partial charge in [0.25, 0.3) is 6.02 Å². The monoisotopic (exact) mass is 340 g/mol. The second-order valence-electron chi connectivity index (χ2n) is 6.37. The van der Waals surface area contributed by atoms with Gasteiger partial charge in [0.1, 0.15) is 17.5 Å². The summed E-state index contributed by atoms with van der Waals surface area (Å²) < 4.78 is 25.7. The number of hydrogen-bond donors (Lipinski definition) is 0. The second kappa shape index (κ2) is 6.56. The van der Waals surface area contributed by atoms with Crippen molar-refractivity contribution in [3.63, 3.8) is 0 Å². The lowest BCUT2D eigenvalue weighted by Gasteiger charge is -2.29. The first-order valence-electron chi connectivity index (χ1n) is 8.13. The molecule has 0 bridgehead atoms. The summed E-state index contributed by atoms with van der Waals surface area (Å²) in [5.74, 6) is -0.0426. The summed E-state index contributed by atoms with van der Waals surface area (Å²) in [4.78, 5) is 6.55. The van der Waals surface area contributed by atoms with Crippen LogP contribution < -0.4 is 4.74 Å². The van der Waals surface area contributed by atoms with Crippen LogP contribution in [0.25, 0.3) is 0 Å². The van der Waals surface area contributed by atoms with Gasteiger partial charge in [-0.3, -0.25) is 0 Å². The molecule has 4 nitrogen and oxygen atoms in total. The zero-order valence-corrected chi connectivity index (χ0v) is 14.4. The fraction of sp³-hybridized carbons (Fsp3) is 0.588. The lowest BCUT2D eigenvalue weighted by molar-refractivity contribution is 0.182. The van der Waals surface area contributed by atoms with E-state index >= 15 is 0 Å². The minimum absolute atomic E-state index is 0.0484. The minimum Gasteiger partial charge on any atom is -0.489 e. The van der Waals surface area contributed by atoms with Crippen molar-refractivity contribution in [3.8, 4) is 5.75 Å². The first kappa shape index (κ1) is 16.4. The number of aliphatic imine (C=N–C) groups is 1. The van der Waals surface area contributed by atoms with E-state index in [-0.39, 0.29) is 22.9 Å². The van der Waals surface area contributed by atoms with Crippen molar-refractivity contribution in [2.45, 2.75) is 58.3 Å². The summed E-state index contributed by atoms with van der Waals surface area (Å²) in [5, 5.41) is 0.247. The Morgan fingerprint density at radius 2 is 2.17 bits per heavy atom. The fourth-order valence-electron chi connectivity index (χ4n) is 3.14. The summed E-state index contributed by atoms with van der Waals surface area (Å²) in [6, 6.07) is 3.61. The topological polar surface area (TPSA) is 34.1 Å². The molecule has 2 atom stereocenters. The van der Waals surface area contributed by atoms with Crippen LogP contribution in [0.3, 0.4) is 0 Å². The van der Waals surface area contributed by atoms with Crippen LogP contribution in [0.1, 0.15) is 40.0 Å². The Balaban J connectivity index is 1.92. The maximum absolute atomic E-state index is 14.2. The molecule has 2 aliphatic heterocycles. The molecule has 0 aromatic heterocycles. The molecule has 126 valence electrons. The maximum atomic E-state index is 14.2. The number of benzene rings is 1. The normalized spacial score (nSPS) is 25.7. The van der Waals surface area contributed by atoms with Crippen molar-refractivity contribution < 1.29 is 13.9 Å². The van der Waals surface area contributed by atoms with Crippen LogP contribution in [0, 0.1) is 5.82 Å². The van der Waals surface area contributed by atoms with E-state index < -0.39 is 5.82 Å². The van der Waals surface area contributed by atoms with E-state index in [0.717, 1.165) is 19.4 Å². The van der Waals surface area contributed by atoms with Gasteiger partial charge in [-0.15, -0.1) is 0 Å². The third-order valence-electron chi connectivity index (χ3n) is 4.21. The molecule has 0 spiro atoms. The van der Waals surface area contributed by atoms with Gasteiger partial charge in [-0.25, -0.2) is 4.39 Å². The van der Waals surface area contributed by atoms with Crippen molar-refractivity contribution in [3.05, 3.63) is 23.0 Å². The van der Waals surface area contributed by atoms with E-state index in [9.17, 15) is 4.39 Å². The molecular formula is C17H22ClFN2O2. The number of rotatable bonds is 3. The lowest BCUT2D eigenvalue weighted by atomic mass is 10.0. The van der Waals surface area contributed by atoms with Gasteiger partial charge in [-0.2, -0.15) is 4.99 Å². The van der Waals surface area contributed by atoms with Gasteiger partial charge >= 0.3 is 0 Å². The first-order valence-corrected chi connectivity index (χ1v) is 8.51. The number of nitrogens with zero attached hydrogens (tertiary/aromatic N) is 2. The zero-order chi connectivity index (χ0) is 16.6. The van der Waals surface area contributed by atoms with Crippen molar-refractivity contribution in [2.24, 2.45) is 4.99 Å². The Bertz CT molecular complexity index is 621. The van der Waals surface area contributed by atoms with Crippen LogP contribution in [0.4, 0.5) is 10.1 Å². The summed E-state index contributed by atoms with van der Waals surface area (Å²) in [7, 11) is 0. The summed E-state index contributed by atoms with van der Waals surface area (Å²) >= 11 is 6.04. The number of amidine groups is 1. The van der Waals surface area contributed by atoms with Gasteiger partial charge in [0.05, 0.1) is 17.2 Å². The summed E-state index contributed by atoms with van der Waals surface area (Å²) in [6.45, 7) is 6.73. The van der Waals surface area contributed by atoms with Crippen LogP contribution in [0.15, 0.2) is 17.1 Å². The number of fused-ring (bicyclic) bond motifs is 1. The molecule has 2 heterocycles. The van der Waals surface area contributed by atoms with E-state index in [0.29, 0.717) is 17.8 Å². The molecular weight excluding hydrogens is 319 g/mol. The molecule has 23 heavy (non-hydrogen) atoms. The van der Waals surface area contributed by atoms with E-state index in [2.05, 4.69) is 9.89 Å². The standard InChI is InChI=1S/C17H22ClFN2O2/c1-10(2)22-16-9-14(13(19)8-12(16)18)20-17-21-7-5-4-6-15(21)11(3)23-17/h8-11,15H,4-7H2,1-3H3/b20-17+. The van der Waals surface area contributed by atoms with Crippen LogP contribution in [0.5, 0.6) is 5.75 Å². The number of halogens is 2. The largest absolute Gasteiger partial charge is 0.489 e. The second-order valence-corrected chi connectivity index (χ2v) is 6.78. The summed E-state index contributed by atoms with van der Waals surface area (Å²) in [6.07, 6.45) is 3.43. The molecule has 2 fully saturated rings. The van der Waals surface area contributed by atoms with E-state index in [1.54, 1.807) is 0 Å². The summed E-state index contributed by atoms with van der Waals surface area (Å²) in [5.41, 5.74) is 0.193. The fourth-order valence-corrected chi connectivity index (χ4v) is 3.33. The van der Waals surface area contributed by atoms with E-state index in [4.69, 9.17) is 21.1 Å². The highest BCUT2D eigenvalue weighted by Gasteiger charge is 2.39. The SMILES string of the molecule is CC(C)Oc1cc(/N=C2/OC(C)C3CCCCN23)c(F)cc1Cl. The molecule has 2 unspecified atom stereocenters. The van der Waals surface area contributed by atoms with Gasteiger partial charge in [-0.1, -0.05) is 11.6 Å². The van der Waals surface area contributed by atoms with E-state index in [1.165, 1.54) is 18.6 Å². The van der Waals surface area contributed by atoms with Gasteiger partial charge in [-0.05, 0) is 46.1 Å².